The van der Waals surface area contributed by atoms with Gasteiger partial charge in [-0.2, -0.15) is 5.10 Å². The highest BCUT2D eigenvalue weighted by Gasteiger charge is 2.17. The van der Waals surface area contributed by atoms with Gasteiger partial charge in [-0.15, -0.1) is 0 Å². The number of nitrogens with zero attached hydrogens (tertiary/aromatic N) is 3. The van der Waals surface area contributed by atoms with Crippen molar-refractivity contribution in [2.75, 3.05) is 10.6 Å². The third-order valence-electron chi connectivity index (χ3n) is 6.46. The van der Waals surface area contributed by atoms with Gasteiger partial charge in [0.15, 0.2) is 0 Å². The van der Waals surface area contributed by atoms with Crippen molar-refractivity contribution < 1.29 is 4.79 Å². The van der Waals surface area contributed by atoms with Crippen molar-refractivity contribution in [1.29, 1.82) is 0 Å². The number of urea groups is 1. The maximum Gasteiger partial charge on any atom is 0.323 e. The third-order valence-corrected chi connectivity index (χ3v) is 6.46. The van der Waals surface area contributed by atoms with Gasteiger partial charge in [0.05, 0.1) is 23.8 Å². The van der Waals surface area contributed by atoms with Gasteiger partial charge in [-0.1, -0.05) is 25.3 Å². The van der Waals surface area contributed by atoms with E-state index in [0.29, 0.717) is 17.6 Å². The average Bonchev–Trinajstić information content (AvgIpc) is 3.48. The summed E-state index contributed by atoms with van der Waals surface area (Å²) in [5.74, 6) is 0.551. The van der Waals surface area contributed by atoms with Crippen LogP contribution in [0, 0.1) is 0 Å². The number of hydrogen-bond acceptors (Lipinski definition) is 3. The predicted octanol–water partition coefficient (Wildman–Crippen LogP) is 6.70. The first-order valence-electron chi connectivity index (χ1n) is 11.8. The molecule has 0 bridgehead atoms. The maximum absolute atomic E-state index is 12.7. The van der Waals surface area contributed by atoms with Gasteiger partial charge in [-0.3, -0.25) is 9.67 Å². The maximum atomic E-state index is 12.7. The second-order valence-electron chi connectivity index (χ2n) is 9.15. The molecule has 170 valence electrons. The smallest absolute Gasteiger partial charge is 0.323 e. The summed E-state index contributed by atoms with van der Waals surface area (Å²) in [6.45, 7) is 4.21. The highest BCUT2D eigenvalue weighted by Crippen LogP contribution is 2.32. The van der Waals surface area contributed by atoms with Crippen molar-refractivity contribution in [3.05, 3.63) is 60.8 Å². The van der Waals surface area contributed by atoms with Gasteiger partial charge < -0.3 is 15.6 Å². The van der Waals surface area contributed by atoms with E-state index in [1.54, 1.807) is 6.20 Å². The van der Waals surface area contributed by atoms with Crippen LogP contribution in [0.4, 0.5) is 16.2 Å². The molecule has 4 aromatic rings. The summed E-state index contributed by atoms with van der Waals surface area (Å²) in [7, 11) is 0. The largest absolute Gasteiger partial charge is 0.359 e. The molecule has 3 N–H and O–H groups in total. The molecule has 1 aromatic carbocycles. The number of fused-ring (bicyclic) bond motifs is 1. The fourth-order valence-corrected chi connectivity index (χ4v) is 4.58. The lowest BCUT2D eigenvalue weighted by atomic mass is 9.87. The highest BCUT2D eigenvalue weighted by molar-refractivity contribution is 6.06. The van der Waals surface area contributed by atoms with Gasteiger partial charge in [0.2, 0.25) is 0 Å². The molecule has 0 spiro atoms. The van der Waals surface area contributed by atoms with E-state index in [4.69, 9.17) is 0 Å². The van der Waals surface area contributed by atoms with Gasteiger partial charge in [0, 0.05) is 46.5 Å². The zero-order chi connectivity index (χ0) is 22.8. The number of aromatic nitrogens is 4. The molecule has 1 aliphatic rings. The van der Waals surface area contributed by atoms with Gasteiger partial charge in [-0.05, 0) is 56.5 Å². The molecule has 1 saturated carbocycles. The van der Waals surface area contributed by atoms with E-state index in [1.807, 2.05) is 41.5 Å². The van der Waals surface area contributed by atoms with Crippen molar-refractivity contribution in [3.63, 3.8) is 0 Å². The second-order valence-corrected chi connectivity index (χ2v) is 9.15. The Bertz CT molecular complexity index is 1250. The summed E-state index contributed by atoms with van der Waals surface area (Å²) in [5.41, 5.74) is 5.61. The molecule has 2 amide bonds. The Balaban J connectivity index is 1.28. The van der Waals surface area contributed by atoms with Crippen molar-refractivity contribution in [2.45, 2.75) is 57.9 Å². The Morgan fingerprint density at radius 3 is 2.64 bits per heavy atom. The zero-order valence-electron chi connectivity index (χ0n) is 19.1. The number of aromatic amines is 1. The molecular weight excluding hydrogens is 412 g/mol. The monoisotopic (exact) mass is 442 g/mol. The summed E-state index contributed by atoms with van der Waals surface area (Å²) in [6, 6.07) is 10.2. The van der Waals surface area contributed by atoms with E-state index in [9.17, 15) is 4.79 Å². The van der Waals surface area contributed by atoms with Crippen LogP contribution < -0.4 is 10.6 Å². The lowest BCUT2D eigenvalue weighted by Gasteiger charge is -2.21. The van der Waals surface area contributed by atoms with Crippen LogP contribution in [0.5, 0.6) is 0 Å². The summed E-state index contributed by atoms with van der Waals surface area (Å²) in [4.78, 5) is 20.5. The minimum Gasteiger partial charge on any atom is -0.359 e. The van der Waals surface area contributed by atoms with Crippen LogP contribution in [-0.4, -0.2) is 25.8 Å². The van der Waals surface area contributed by atoms with Gasteiger partial charge in [-0.25, -0.2) is 4.79 Å². The lowest BCUT2D eigenvalue weighted by Crippen LogP contribution is -2.19. The Kier molecular flexibility index (Phi) is 5.86. The Morgan fingerprint density at radius 2 is 1.91 bits per heavy atom. The van der Waals surface area contributed by atoms with Crippen LogP contribution in [-0.2, 0) is 0 Å². The molecule has 5 rings (SSSR count). The molecule has 0 unspecified atom stereocenters. The number of carbonyl (C=O) groups excluding carboxylic acids is 1. The fraction of sp³-hybridized carbons (Fsp3) is 0.346. The topological polar surface area (TPSA) is 87.6 Å². The number of rotatable bonds is 5. The molecule has 1 aliphatic carbocycles. The molecule has 3 heterocycles. The molecule has 0 aliphatic heterocycles. The van der Waals surface area contributed by atoms with E-state index in [2.05, 4.69) is 51.7 Å². The lowest BCUT2D eigenvalue weighted by molar-refractivity contribution is 0.262. The van der Waals surface area contributed by atoms with Crippen LogP contribution in [0.15, 0.2) is 55.1 Å². The molecule has 7 nitrogen and oxygen atoms in total. The number of amides is 2. The van der Waals surface area contributed by atoms with E-state index in [1.165, 1.54) is 32.1 Å². The number of pyridine rings is 1. The van der Waals surface area contributed by atoms with Crippen molar-refractivity contribution in [3.8, 4) is 11.1 Å². The first-order valence-corrected chi connectivity index (χ1v) is 11.8. The quantitative estimate of drug-likeness (QED) is 0.321. The summed E-state index contributed by atoms with van der Waals surface area (Å²) >= 11 is 0. The van der Waals surface area contributed by atoms with E-state index < -0.39 is 0 Å². The first kappa shape index (κ1) is 21.2. The normalized spacial score (nSPS) is 14.6. The average molecular weight is 443 g/mol. The van der Waals surface area contributed by atoms with Gasteiger partial charge in [0.25, 0.3) is 0 Å². The molecule has 0 saturated heterocycles. The van der Waals surface area contributed by atoms with E-state index in [-0.39, 0.29) is 6.03 Å². The summed E-state index contributed by atoms with van der Waals surface area (Å²) < 4.78 is 1.94. The van der Waals surface area contributed by atoms with E-state index >= 15 is 0 Å². The SMILES string of the molecule is CC(C)n1cc(-c2ccc3[nH]cc(NC(=O)Nc4ccc(C5CCCCC5)nc4)c3c2)cn1. The molecule has 3 aromatic heterocycles. The molecule has 33 heavy (non-hydrogen) atoms. The molecule has 1 fully saturated rings. The van der Waals surface area contributed by atoms with E-state index in [0.717, 1.165) is 33.4 Å². The van der Waals surface area contributed by atoms with Crippen molar-refractivity contribution >= 4 is 28.3 Å². The summed E-state index contributed by atoms with van der Waals surface area (Å²) in [5, 5.41) is 11.2. The van der Waals surface area contributed by atoms with Crippen LogP contribution in [0.3, 0.4) is 0 Å². The predicted molar refractivity (Wildman–Crippen MR) is 133 cm³/mol. The second kappa shape index (κ2) is 9.10. The van der Waals surface area contributed by atoms with Crippen LogP contribution in [0.25, 0.3) is 22.0 Å². The minimum absolute atomic E-state index is 0.291. The van der Waals surface area contributed by atoms with Crippen LogP contribution >= 0.6 is 0 Å². The summed E-state index contributed by atoms with van der Waals surface area (Å²) in [6.07, 6.45) is 13.8. The fourth-order valence-electron chi connectivity index (χ4n) is 4.58. The minimum atomic E-state index is -0.291. The molecular formula is C26H30N6O. The number of anilines is 2. The molecule has 7 heteroatoms. The van der Waals surface area contributed by atoms with Crippen molar-refractivity contribution in [1.82, 2.24) is 19.7 Å². The number of benzene rings is 1. The number of H-pyrrole nitrogens is 1. The zero-order valence-corrected chi connectivity index (χ0v) is 19.1. The van der Waals surface area contributed by atoms with Crippen LogP contribution in [0.1, 0.15) is 63.6 Å². The standard InChI is InChI=1S/C26H30N6O/c1-17(2)32-16-20(13-29-32)19-8-10-24-22(12-19)25(15-28-24)31-26(33)30-21-9-11-23(27-14-21)18-6-4-3-5-7-18/h8-18,28H,3-7H2,1-2H3,(H2,30,31,33). The number of hydrogen-bond donors (Lipinski definition) is 3. The Hall–Kier alpha value is -3.61. The molecule has 0 atom stereocenters. The van der Waals surface area contributed by atoms with Gasteiger partial charge >= 0.3 is 6.03 Å². The van der Waals surface area contributed by atoms with Gasteiger partial charge in [0.1, 0.15) is 0 Å². The van der Waals surface area contributed by atoms with Crippen molar-refractivity contribution in [2.24, 2.45) is 0 Å². The Morgan fingerprint density at radius 1 is 1.06 bits per heavy atom. The number of nitrogens with one attached hydrogen (secondary N) is 3. The molecule has 0 radical (unpaired) electrons. The third kappa shape index (κ3) is 4.62. The first-order chi connectivity index (χ1) is 16.1. The highest BCUT2D eigenvalue weighted by atomic mass is 16.2. The van der Waals surface area contributed by atoms with Crippen LogP contribution in [0.2, 0.25) is 0 Å². The Labute approximate surface area is 193 Å². The number of carbonyl (C=O) groups is 1.